The van der Waals surface area contributed by atoms with Gasteiger partial charge >= 0.3 is 0 Å². The lowest BCUT2D eigenvalue weighted by molar-refractivity contribution is 0.470. The lowest BCUT2D eigenvalue weighted by Gasteiger charge is -2.20. The Morgan fingerprint density at radius 1 is 0.425 bits per heavy atom. The Balaban J connectivity index is 1.74. The third-order valence-electron chi connectivity index (χ3n) is 8.02. The highest BCUT2D eigenvalue weighted by Crippen LogP contribution is 2.50. The first-order valence-electron chi connectivity index (χ1n) is 13.2. The molecule has 0 aromatic heterocycles. The van der Waals surface area contributed by atoms with Gasteiger partial charge in [0.25, 0.3) is 0 Å². The number of aryl methyl sites for hydroxylation is 4. The van der Waals surface area contributed by atoms with Crippen LogP contribution in [0.25, 0.3) is 54.9 Å². The molecule has 0 saturated carbocycles. The number of aromatic hydroxyl groups is 2. The van der Waals surface area contributed by atoms with Crippen LogP contribution in [-0.2, 0) is 0 Å². The summed E-state index contributed by atoms with van der Waals surface area (Å²) in [6.45, 7) is 8.32. The van der Waals surface area contributed by atoms with Crippen molar-refractivity contribution < 1.29 is 10.2 Å². The molecule has 2 nitrogen and oxygen atoms in total. The molecule has 0 unspecified atom stereocenters. The van der Waals surface area contributed by atoms with Gasteiger partial charge in [0.2, 0.25) is 0 Å². The average Bonchev–Trinajstić information content (AvgIpc) is 2.92. The van der Waals surface area contributed by atoms with E-state index in [1.54, 1.807) is 12.1 Å². The Morgan fingerprint density at radius 2 is 0.725 bits per heavy atom. The van der Waals surface area contributed by atoms with Crippen molar-refractivity contribution in [3.8, 4) is 44.9 Å². The maximum absolute atomic E-state index is 11.7. The monoisotopic (exact) mass is 562 g/mol. The zero-order valence-electron chi connectivity index (χ0n) is 22.7. The summed E-state index contributed by atoms with van der Waals surface area (Å²) in [5.74, 6) is 0.213. The Morgan fingerprint density at radius 3 is 1.05 bits per heavy atom. The van der Waals surface area contributed by atoms with Gasteiger partial charge in [-0.05, 0) is 130 Å². The quantitative estimate of drug-likeness (QED) is 0.225. The fourth-order valence-electron chi connectivity index (χ4n) is 5.60. The number of fused-ring (bicyclic) bond motifs is 2. The highest BCUT2D eigenvalue weighted by Gasteiger charge is 2.22. The number of benzene rings is 6. The molecule has 0 aliphatic carbocycles. The van der Waals surface area contributed by atoms with Gasteiger partial charge in [-0.3, -0.25) is 0 Å². The summed E-state index contributed by atoms with van der Waals surface area (Å²) >= 11 is 12.4. The molecule has 6 rings (SSSR count). The molecule has 0 heterocycles. The minimum absolute atomic E-state index is 0.106. The summed E-state index contributed by atoms with van der Waals surface area (Å²) in [5.41, 5.74) is 9.47. The second-order valence-corrected chi connectivity index (χ2v) is 11.5. The highest BCUT2D eigenvalue weighted by atomic mass is 35.5. The van der Waals surface area contributed by atoms with Crippen LogP contribution < -0.4 is 0 Å². The average molecular weight is 564 g/mol. The molecular formula is C36H28Cl2O2. The van der Waals surface area contributed by atoms with Gasteiger partial charge in [-0.25, -0.2) is 0 Å². The van der Waals surface area contributed by atoms with Crippen molar-refractivity contribution in [2.75, 3.05) is 0 Å². The van der Waals surface area contributed by atoms with Crippen molar-refractivity contribution in [2.24, 2.45) is 0 Å². The van der Waals surface area contributed by atoms with Gasteiger partial charge in [0, 0.05) is 21.2 Å². The van der Waals surface area contributed by atoms with Crippen molar-refractivity contribution in [1.82, 2.24) is 0 Å². The van der Waals surface area contributed by atoms with E-state index in [-0.39, 0.29) is 11.5 Å². The van der Waals surface area contributed by atoms with E-state index in [9.17, 15) is 10.2 Å². The number of phenols is 2. The minimum atomic E-state index is 0.106. The summed E-state index contributed by atoms with van der Waals surface area (Å²) in [7, 11) is 0. The van der Waals surface area contributed by atoms with Crippen LogP contribution in [0.3, 0.4) is 0 Å². The zero-order chi connectivity index (χ0) is 28.3. The van der Waals surface area contributed by atoms with Gasteiger partial charge in [0.1, 0.15) is 11.5 Å². The molecule has 0 amide bonds. The van der Waals surface area contributed by atoms with Crippen LogP contribution in [0.4, 0.5) is 0 Å². The SMILES string of the molecule is Cc1cc2c(-c3ccc(Cl)cc3)cc(O)c(-c3c(O)cc(-c4ccc(Cl)cc4)c4cc(C)c(C)cc34)c2cc1C. The Hall–Kier alpha value is -3.98. The number of hydrogen-bond acceptors (Lipinski definition) is 2. The predicted octanol–water partition coefficient (Wildman–Crippen LogP) is 10.9. The summed E-state index contributed by atoms with van der Waals surface area (Å²) < 4.78 is 0. The number of halogens is 2. The standard InChI is InChI=1S/C36H28Cl2O2/c1-19-13-29-27(23-5-9-25(37)10-6-23)17-33(39)35(31(29)15-21(19)3)36-32-16-22(4)20(2)14-30(32)28(18-34(36)40)24-7-11-26(38)12-8-24/h5-18,39-40H,1-4H3. The van der Waals surface area contributed by atoms with E-state index in [0.717, 1.165) is 66.1 Å². The number of rotatable bonds is 3. The zero-order valence-corrected chi connectivity index (χ0v) is 24.2. The molecule has 0 saturated heterocycles. The minimum Gasteiger partial charge on any atom is -0.507 e. The van der Waals surface area contributed by atoms with Crippen LogP contribution in [-0.4, -0.2) is 10.2 Å². The van der Waals surface area contributed by atoms with Crippen LogP contribution in [0.2, 0.25) is 10.0 Å². The van der Waals surface area contributed by atoms with Gasteiger partial charge in [-0.2, -0.15) is 0 Å². The smallest absolute Gasteiger partial charge is 0.124 e. The van der Waals surface area contributed by atoms with Crippen LogP contribution in [0.5, 0.6) is 11.5 Å². The van der Waals surface area contributed by atoms with Crippen LogP contribution in [0.1, 0.15) is 22.3 Å². The molecule has 0 radical (unpaired) electrons. The third kappa shape index (κ3) is 4.38. The summed E-state index contributed by atoms with van der Waals surface area (Å²) in [6, 6.07) is 27.4. The first-order chi connectivity index (χ1) is 19.1. The van der Waals surface area contributed by atoms with Crippen LogP contribution in [0, 0.1) is 27.7 Å². The van der Waals surface area contributed by atoms with Gasteiger partial charge in [-0.1, -0.05) is 71.7 Å². The van der Waals surface area contributed by atoms with Gasteiger partial charge in [0.15, 0.2) is 0 Å². The van der Waals surface area contributed by atoms with Gasteiger partial charge < -0.3 is 10.2 Å². The second kappa shape index (κ2) is 9.89. The predicted molar refractivity (Wildman–Crippen MR) is 170 cm³/mol. The molecule has 0 spiro atoms. The lowest BCUT2D eigenvalue weighted by Crippen LogP contribution is -1.94. The maximum Gasteiger partial charge on any atom is 0.124 e. The summed E-state index contributed by atoms with van der Waals surface area (Å²) in [5, 5.41) is 28.4. The molecule has 4 heteroatoms. The summed E-state index contributed by atoms with van der Waals surface area (Å²) in [6.07, 6.45) is 0. The number of phenolic OH excluding ortho intramolecular Hbond substituents is 2. The van der Waals surface area contributed by atoms with E-state index >= 15 is 0 Å². The summed E-state index contributed by atoms with van der Waals surface area (Å²) in [4.78, 5) is 0. The second-order valence-electron chi connectivity index (χ2n) is 10.6. The van der Waals surface area contributed by atoms with E-state index in [2.05, 4.69) is 52.0 Å². The third-order valence-corrected chi connectivity index (χ3v) is 8.53. The fraction of sp³-hybridized carbons (Fsp3) is 0.111. The van der Waals surface area contributed by atoms with E-state index in [0.29, 0.717) is 21.2 Å². The first-order valence-corrected chi connectivity index (χ1v) is 13.9. The molecule has 0 aliphatic rings. The molecule has 6 aromatic rings. The van der Waals surface area contributed by atoms with Gasteiger partial charge in [-0.15, -0.1) is 0 Å². The van der Waals surface area contributed by atoms with E-state index in [4.69, 9.17) is 23.2 Å². The molecule has 0 atom stereocenters. The fourth-order valence-corrected chi connectivity index (χ4v) is 5.85. The Kier molecular flexibility index (Phi) is 6.49. The van der Waals surface area contributed by atoms with Crippen LogP contribution >= 0.6 is 23.2 Å². The van der Waals surface area contributed by atoms with Crippen molar-refractivity contribution in [1.29, 1.82) is 0 Å². The maximum atomic E-state index is 11.7. The number of hydrogen-bond donors (Lipinski definition) is 2. The molecule has 0 aliphatic heterocycles. The molecule has 0 bridgehead atoms. The molecule has 198 valence electrons. The topological polar surface area (TPSA) is 40.5 Å². The van der Waals surface area contributed by atoms with Crippen molar-refractivity contribution >= 4 is 44.7 Å². The highest BCUT2D eigenvalue weighted by molar-refractivity contribution is 6.31. The largest absolute Gasteiger partial charge is 0.507 e. The molecule has 6 aromatic carbocycles. The molecular weight excluding hydrogens is 535 g/mol. The van der Waals surface area contributed by atoms with E-state index in [1.807, 2.05) is 48.5 Å². The molecule has 0 fully saturated rings. The van der Waals surface area contributed by atoms with E-state index in [1.165, 1.54) is 0 Å². The van der Waals surface area contributed by atoms with Crippen molar-refractivity contribution in [3.05, 3.63) is 117 Å². The van der Waals surface area contributed by atoms with Crippen molar-refractivity contribution in [3.63, 3.8) is 0 Å². The first kappa shape index (κ1) is 26.3. The molecule has 2 N–H and O–H groups in total. The Labute approximate surface area is 244 Å². The van der Waals surface area contributed by atoms with Crippen LogP contribution in [0.15, 0.2) is 84.9 Å². The lowest BCUT2D eigenvalue weighted by atomic mass is 9.84. The van der Waals surface area contributed by atoms with E-state index < -0.39 is 0 Å². The van der Waals surface area contributed by atoms with Gasteiger partial charge in [0.05, 0.1) is 0 Å². The van der Waals surface area contributed by atoms with Crippen molar-refractivity contribution in [2.45, 2.75) is 27.7 Å². The Bertz CT molecular complexity index is 1810. The molecule has 40 heavy (non-hydrogen) atoms. The normalized spacial score (nSPS) is 11.4.